The topological polar surface area (TPSA) is 74.6 Å². The number of ketones is 1. The minimum absolute atomic E-state index is 0.124. The van der Waals surface area contributed by atoms with Gasteiger partial charge in [0.15, 0.2) is 0 Å². The molecule has 0 saturated heterocycles. The Labute approximate surface area is 206 Å². The number of aliphatic hydroxyl groups is 1. The average Bonchev–Trinajstić information content (AvgIpc) is 3.36. The van der Waals surface area contributed by atoms with Gasteiger partial charge in [-0.2, -0.15) is 0 Å². The number of allylic oxidation sites excluding steroid dienone is 1. The van der Waals surface area contributed by atoms with Crippen molar-refractivity contribution in [1.29, 1.82) is 0 Å². The van der Waals surface area contributed by atoms with Crippen molar-refractivity contribution in [3.8, 4) is 0 Å². The monoisotopic (exact) mass is 470 g/mol. The number of carboxylic acids is 1. The summed E-state index contributed by atoms with van der Waals surface area (Å²) >= 11 is 0. The first-order chi connectivity index (χ1) is 15.9. The van der Waals surface area contributed by atoms with Gasteiger partial charge in [0, 0.05) is 11.8 Å². The Morgan fingerprint density at radius 3 is 2.35 bits per heavy atom. The van der Waals surface area contributed by atoms with Crippen molar-refractivity contribution >= 4 is 11.8 Å². The van der Waals surface area contributed by atoms with Gasteiger partial charge in [0.25, 0.3) is 0 Å². The van der Waals surface area contributed by atoms with Crippen LogP contribution in [0.15, 0.2) is 11.6 Å². The van der Waals surface area contributed by atoms with Crippen LogP contribution in [0.4, 0.5) is 0 Å². The number of hydrogen-bond acceptors (Lipinski definition) is 3. The number of aliphatic carboxylic acids is 1. The first kappa shape index (κ1) is 24.5. The number of carbonyl (C=O) groups is 2. The summed E-state index contributed by atoms with van der Waals surface area (Å²) in [5.41, 5.74) is 1.62. The molecule has 190 valence electrons. The molecule has 0 heterocycles. The van der Waals surface area contributed by atoms with Crippen LogP contribution in [0, 0.1) is 50.7 Å². The molecule has 0 unspecified atom stereocenters. The van der Waals surface area contributed by atoms with E-state index >= 15 is 0 Å². The molecule has 0 aromatic heterocycles. The van der Waals surface area contributed by atoms with E-state index in [2.05, 4.69) is 34.6 Å². The Morgan fingerprint density at radius 1 is 1.00 bits per heavy atom. The SMILES string of the molecule is C[C@H](CC/C=C(/CO)C(=O)O)[C@H]1CC[C@@]2(C)[C@@H]3CC[C@H]4C(C)(C)C(=O)CC[C@@]45C[C@@]35CC[C@]12C. The van der Waals surface area contributed by atoms with Crippen molar-refractivity contribution in [3.05, 3.63) is 11.6 Å². The Kier molecular flexibility index (Phi) is 5.53. The van der Waals surface area contributed by atoms with Gasteiger partial charge >= 0.3 is 5.97 Å². The minimum atomic E-state index is -1.00. The highest BCUT2D eigenvalue weighted by Crippen LogP contribution is 2.88. The fourth-order valence-corrected chi connectivity index (χ4v) is 11.1. The van der Waals surface area contributed by atoms with E-state index in [1.165, 1.54) is 44.9 Å². The molecule has 5 rings (SSSR count). The average molecular weight is 471 g/mol. The Bertz CT molecular complexity index is 919. The molecule has 5 fully saturated rings. The molecule has 34 heavy (non-hydrogen) atoms. The first-order valence-electron chi connectivity index (χ1n) is 14.0. The van der Waals surface area contributed by atoms with E-state index in [9.17, 15) is 19.8 Å². The predicted molar refractivity (Wildman–Crippen MR) is 133 cm³/mol. The largest absolute Gasteiger partial charge is 0.478 e. The van der Waals surface area contributed by atoms with Gasteiger partial charge in [0.05, 0.1) is 12.2 Å². The van der Waals surface area contributed by atoms with E-state index in [0.717, 1.165) is 31.6 Å². The van der Waals surface area contributed by atoms with Crippen molar-refractivity contribution in [2.24, 2.45) is 50.7 Å². The van der Waals surface area contributed by atoms with Gasteiger partial charge in [-0.3, -0.25) is 4.79 Å². The standard InChI is InChI=1S/C30H46O4/c1-19(7-6-8-20(17-31)25(33)34)21-11-13-28(5)23-10-9-22-26(2,3)24(32)12-14-29(22)18-30(23,29)16-15-27(21,28)4/h8,19,21-23,31H,6-7,9-18H2,1-5H3,(H,33,34)/b20-8-/t19-,21-,22+,23+,27-,28+,29-,30+/m1/s1. The number of carboxylic acid groups (broad SMARTS) is 1. The van der Waals surface area contributed by atoms with Crippen LogP contribution in [0.25, 0.3) is 0 Å². The second-order valence-electron chi connectivity index (χ2n) is 14.0. The minimum Gasteiger partial charge on any atom is -0.478 e. The van der Waals surface area contributed by atoms with E-state index in [-0.39, 0.29) is 11.0 Å². The summed E-state index contributed by atoms with van der Waals surface area (Å²) in [7, 11) is 0. The van der Waals surface area contributed by atoms with Crippen LogP contribution < -0.4 is 0 Å². The van der Waals surface area contributed by atoms with Crippen LogP contribution in [-0.2, 0) is 9.59 Å². The lowest BCUT2D eigenvalue weighted by Crippen LogP contribution is -2.57. The molecular formula is C30H46O4. The van der Waals surface area contributed by atoms with Crippen LogP contribution in [0.3, 0.4) is 0 Å². The summed E-state index contributed by atoms with van der Waals surface area (Å²) in [4.78, 5) is 24.1. The summed E-state index contributed by atoms with van der Waals surface area (Å²) < 4.78 is 0. The van der Waals surface area contributed by atoms with E-state index in [1.807, 2.05) is 0 Å². The number of rotatable bonds is 6. The molecule has 0 radical (unpaired) electrons. The molecule has 0 aromatic carbocycles. The maximum Gasteiger partial charge on any atom is 0.333 e. The molecule has 8 atom stereocenters. The van der Waals surface area contributed by atoms with Crippen molar-refractivity contribution in [2.75, 3.05) is 6.61 Å². The summed E-state index contributed by atoms with van der Waals surface area (Å²) in [6, 6.07) is 0. The van der Waals surface area contributed by atoms with Crippen LogP contribution in [0.2, 0.25) is 0 Å². The second-order valence-corrected chi connectivity index (χ2v) is 14.0. The van der Waals surface area contributed by atoms with Crippen LogP contribution in [-0.4, -0.2) is 28.6 Å². The van der Waals surface area contributed by atoms with Gasteiger partial charge in [-0.25, -0.2) is 4.79 Å². The number of fused-ring (bicyclic) bond motifs is 2. The smallest absolute Gasteiger partial charge is 0.333 e. The normalized spacial score (nSPS) is 47.8. The van der Waals surface area contributed by atoms with E-state index in [4.69, 9.17) is 0 Å². The van der Waals surface area contributed by atoms with Crippen LogP contribution >= 0.6 is 0 Å². The highest BCUT2D eigenvalue weighted by molar-refractivity contribution is 5.86. The molecule has 2 N–H and O–H groups in total. The molecule has 5 aliphatic rings. The molecule has 5 aliphatic carbocycles. The lowest BCUT2D eigenvalue weighted by Gasteiger charge is -2.62. The van der Waals surface area contributed by atoms with Crippen molar-refractivity contribution < 1.29 is 19.8 Å². The third-order valence-corrected chi connectivity index (χ3v) is 13.1. The molecule has 0 bridgehead atoms. The number of carbonyl (C=O) groups excluding carboxylic acids is 1. The lowest BCUT2D eigenvalue weighted by atomic mass is 9.42. The fourth-order valence-electron chi connectivity index (χ4n) is 11.1. The summed E-state index contributed by atoms with van der Waals surface area (Å²) in [6.07, 6.45) is 14.6. The summed E-state index contributed by atoms with van der Waals surface area (Å²) in [5, 5.41) is 18.5. The predicted octanol–water partition coefficient (Wildman–Crippen LogP) is 6.41. The quantitative estimate of drug-likeness (QED) is 0.440. The van der Waals surface area contributed by atoms with Gasteiger partial charge in [-0.05, 0) is 110 Å². The fraction of sp³-hybridized carbons (Fsp3) is 0.867. The zero-order chi connectivity index (χ0) is 24.7. The highest BCUT2D eigenvalue weighted by Gasteiger charge is 2.82. The van der Waals surface area contributed by atoms with Crippen molar-refractivity contribution in [3.63, 3.8) is 0 Å². The molecule has 0 amide bonds. The lowest BCUT2D eigenvalue weighted by molar-refractivity contribution is -0.157. The van der Waals surface area contributed by atoms with Gasteiger partial charge < -0.3 is 10.2 Å². The number of Topliss-reactive ketones (excluding diaryl/α,β-unsaturated/α-hetero) is 1. The molecular weight excluding hydrogens is 424 g/mol. The van der Waals surface area contributed by atoms with E-state index < -0.39 is 12.6 Å². The number of aliphatic hydroxyl groups excluding tert-OH is 1. The maximum atomic E-state index is 12.8. The first-order valence-corrected chi connectivity index (χ1v) is 14.0. The van der Waals surface area contributed by atoms with E-state index in [1.54, 1.807) is 6.08 Å². The molecule has 0 aromatic rings. The van der Waals surface area contributed by atoms with Gasteiger partial charge in [-0.1, -0.05) is 40.7 Å². The molecule has 4 heteroatoms. The Balaban J connectivity index is 1.36. The third kappa shape index (κ3) is 2.93. The molecule has 5 saturated carbocycles. The van der Waals surface area contributed by atoms with E-state index in [0.29, 0.717) is 45.2 Å². The van der Waals surface area contributed by atoms with Gasteiger partial charge in [0.2, 0.25) is 0 Å². The molecule has 4 nitrogen and oxygen atoms in total. The zero-order valence-electron chi connectivity index (χ0n) is 22.1. The Hall–Kier alpha value is -1.16. The van der Waals surface area contributed by atoms with Crippen LogP contribution in [0.5, 0.6) is 0 Å². The zero-order valence-corrected chi connectivity index (χ0v) is 22.1. The maximum absolute atomic E-state index is 12.8. The number of hydrogen-bond donors (Lipinski definition) is 2. The second kappa shape index (κ2) is 7.67. The Morgan fingerprint density at radius 2 is 1.68 bits per heavy atom. The van der Waals surface area contributed by atoms with Crippen molar-refractivity contribution in [2.45, 2.75) is 105 Å². The van der Waals surface area contributed by atoms with Gasteiger partial charge in [-0.15, -0.1) is 0 Å². The summed E-state index contributed by atoms with van der Waals surface area (Å²) in [6.45, 7) is 11.7. The highest BCUT2D eigenvalue weighted by atomic mass is 16.4. The molecule has 2 spiro atoms. The third-order valence-electron chi connectivity index (χ3n) is 13.1. The van der Waals surface area contributed by atoms with Gasteiger partial charge in [0.1, 0.15) is 5.78 Å². The van der Waals surface area contributed by atoms with Crippen LogP contribution in [0.1, 0.15) is 105 Å². The van der Waals surface area contributed by atoms with Crippen molar-refractivity contribution in [1.82, 2.24) is 0 Å². The molecule has 0 aliphatic heterocycles. The summed E-state index contributed by atoms with van der Waals surface area (Å²) in [5.74, 6) is 2.12.